The van der Waals surface area contributed by atoms with E-state index in [2.05, 4.69) is 27.5 Å². The minimum Gasteiger partial charge on any atom is -0.324 e. The summed E-state index contributed by atoms with van der Waals surface area (Å²) in [5, 5.41) is 7.57. The molecule has 0 saturated heterocycles. The van der Waals surface area contributed by atoms with Crippen molar-refractivity contribution < 1.29 is 4.79 Å². The van der Waals surface area contributed by atoms with Gasteiger partial charge in [-0.15, -0.1) is 0 Å². The number of nitrogens with zero attached hydrogens (tertiary/aromatic N) is 3. The summed E-state index contributed by atoms with van der Waals surface area (Å²) in [6.07, 6.45) is 3.27. The standard InChI is InChI=1S/C22H17ClN4O/c23-19-10-11-21(27-15-24-14-25-27)20(13-19)26-22(28)12-16-6-8-18(9-7-16)17-4-2-1-3-5-17/h1-11,13-15H,12H2,(H,26,28). The molecule has 1 aromatic heterocycles. The third kappa shape index (κ3) is 4.10. The van der Waals surface area contributed by atoms with Crippen LogP contribution in [0.15, 0.2) is 85.5 Å². The van der Waals surface area contributed by atoms with Gasteiger partial charge in [-0.05, 0) is 34.9 Å². The number of hydrogen-bond donors (Lipinski definition) is 1. The first kappa shape index (κ1) is 17.9. The van der Waals surface area contributed by atoms with Crippen LogP contribution in [0.2, 0.25) is 5.02 Å². The molecule has 0 aliphatic heterocycles. The second-order valence-electron chi connectivity index (χ2n) is 6.29. The molecule has 28 heavy (non-hydrogen) atoms. The highest BCUT2D eigenvalue weighted by molar-refractivity contribution is 6.31. The molecule has 3 aromatic carbocycles. The first-order valence-electron chi connectivity index (χ1n) is 8.78. The fourth-order valence-corrected chi connectivity index (χ4v) is 3.14. The van der Waals surface area contributed by atoms with E-state index in [4.69, 9.17) is 11.6 Å². The number of benzene rings is 3. The Kier molecular flexibility index (Phi) is 5.17. The third-order valence-electron chi connectivity index (χ3n) is 4.32. The van der Waals surface area contributed by atoms with Crippen LogP contribution in [0.5, 0.6) is 0 Å². The Morgan fingerprint density at radius 2 is 1.71 bits per heavy atom. The quantitative estimate of drug-likeness (QED) is 0.535. The fourth-order valence-electron chi connectivity index (χ4n) is 2.97. The lowest BCUT2D eigenvalue weighted by Gasteiger charge is -2.11. The zero-order chi connectivity index (χ0) is 19.3. The van der Waals surface area contributed by atoms with Crippen molar-refractivity contribution >= 4 is 23.2 Å². The van der Waals surface area contributed by atoms with Crippen LogP contribution in [0.4, 0.5) is 5.69 Å². The van der Waals surface area contributed by atoms with Crippen LogP contribution >= 0.6 is 11.6 Å². The van der Waals surface area contributed by atoms with Gasteiger partial charge in [0.25, 0.3) is 0 Å². The Morgan fingerprint density at radius 3 is 2.43 bits per heavy atom. The van der Waals surface area contributed by atoms with Gasteiger partial charge in [0.15, 0.2) is 0 Å². The van der Waals surface area contributed by atoms with Crippen LogP contribution in [0.3, 0.4) is 0 Å². The molecule has 0 bridgehead atoms. The summed E-state index contributed by atoms with van der Waals surface area (Å²) in [6.45, 7) is 0. The number of rotatable bonds is 5. The average molecular weight is 389 g/mol. The molecule has 0 fully saturated rings. The summed E-state index contributed by atoms with van der Waals surface area (Å²) < 4.78 is 1.58. The lowest BCUT2D eigenvalue weighted by atomic mass is 10.0. The topological polar surface area (TPSA) is 59.8 Å². The minimum atomic E-state index is -0.129. The predicted molar refractivity (Wildman–Crippen MR) is 111 cm³/mol. The highest BCUT2D eigenvalue weighted by Gasteiger charge is 2.11. The van der Waals surface area contributed by atoms with E-state index in [9.17, 15) is 4.79 Å². The molecule has 5 nitrogen and oxygen atoms in total. The normalized spacial score (nSPS) is 10.6. The van der Waals surface area contributed by atoms with E-state index in [1.165, 1.54) is 6.33 Å². The Morgan fingerprint density at radius 1 is 0.964 bits per heavy atom. The van der Waals surface area contributed by atoms with E-state index in [0.717, 1.165) is 16.7 Å². The van der Waals surface area contributed by atoms with Crippen molar-refractivity contribution in [3.05, 3.63) is 96.0 Å². The number of halogens is 1. The first-order valence-corrected chi connectivity index (χ1v) is 9.15. The van der Waals surface area contributed by atoms with Crippen LogP contribution < -0.4 is 5.32 Å². The summed E-state index contributed by atoms with van der Waals surface area (Å²) in [6, 6.07) is 23.4. The van der Waals surface area contributed by atoms with Gasteiger partial charge < -0.3 is 5.32 Å². The summed E-state index contributed by atoms with van der Waals surface area (Å²) in [5.74, 6) is -0.129. The highest BCUT2D eigenvalue weighted by Crippen LogP contribution is 2.24. The van der Waals surface area contributed by atoms with E-state index < -0.39 is 0 Å². The van der Waals surface area contributed by atoms with Crippen LogP contribution in [-0.2, 0) is 11.2 Å². The van der Waals surface area contributed by atoms with Crippen molar-refractivity contribution in [2.45, 2.75) is 6.42 Å². The molecule has 0 radical (unpaired) electrons. The Labute approximate surface area is 167 Å². The molecular weight excluding hydrogens is 372 g/mol. The lowest BCUT2D eigenvalue weighted by Crippen LogP contribution is -2.16. The summed E-state index contributed by atoms with van der Waals surface area (Å²) >= 11 is 6.10. The Bertz CT molecular complexity index is 1080. The highest BCUT2D eigenvalue weighted by atomic mass is 35.5. The molecule has 0 unspecified atom stereocenters. The van der Waals surface area contributed by atoms with E-state index in [-0.39, 0.29) is 12.3 Å². The molecule has 4 aromatic rings. The van der Waals surface area contributed by atoms with Gasteiger partial charge in [0, 0.05) is 5.02 Å². The van der Waals surface area contributed by atoms with Crippen LogP contribution in [0.25, 0.3) is 16.8 Å². The smallest absolute Gasteiger partial charge is 0.228 e. The van der Waals surface area contributed by atoms with Crippen molar-refractivity contribution in [2.75, 3.05) is 5.32 Å². The number of carbonyl (C=O) groups is 1. The number of nitrogens with one attached hydrogen (secondary N) is 1. The Hall–Kier alpha value is -3.44. The summed E-state index contributed by atoms with van der Waals surface area (Å²) in [7, 11) is 0. The summed E-state index contributed by atoms with van der Waals surface area (Å²) in [5.41, 5.74) is 4.49. The number of hydrogen-bond acceptors (Lipinski definition) is 3. The van der Waals surface area contributed by atoms with Gasteiger partial charge in [-0.1, -0.05) is 66.2 Å². The maximum atomic E-state index is 12.6. The third-order valence-corrected chi connectivity index (χ3v) is 4.56. The van der Waals surface area contributed by atoms with Gasteiger partial charge in [-0.2, -0.15) is 5.10 Å². The fraction of sp³-hybridized carbons (Fsp3) is 0.0455. The molecule has 0 atom stereocenters. The van der Waals surface area contributed by atoms with Crippen LogP contribution in [-0.4, -0.2) is 20.7 Å². The van der Waals surface area contributed by atoms with E-state index in [1.807, 2.05) is 42.5 Å². The maximum absolute atomic E-state index is 12.6. The molecule has 0 saturated carbocycles. The van der Waals surface area contributed by atoms with Crippen molar-refractivity contribution in [2.24, 2.45) is 0 Å². The first-order chi connectivity index (χ1) is 13.7. The molecule has 6 heteroatoms. The number of amides is 1. The van der Waals surface area contributed by atoms with Crippen LogP contribution in [0, 0.1) is 0 Å². The van der Waals surface area contributed by atoms with Crippen LogP contribution in [0.1, 0.15) is 5.56 Å². The zero-order valence-electron chi connectivity index (χ0n) is 14.9. The second kappa shape index (κ2) is 8.06. The van der Waals surface area contributed by atoms with Gasteiger partial charge in [0.2, 0.25) is 5.91 Å². The van der Waals surface area contributed by atoms with Crippen molar-refractivity contribution in [1.82, 2.24) is 14.8 Å². The van der Waals surface area contributed by atoms with Gasteiger partial charge in [0.1, 0.15) is 12.7 Å². The average Bonchev–Trinajstić information content (AvgIpc) is 3.24. The molecule has 0 aliphatic carbocycles. The second-order valence-corrected chi connectivity index (χ2v) is 6.73. The van der Waals surface area contributed by atoms with Crippen molar-refractivity contribution in [3.63, 3.8) is 0 Å². The molecular formula is C22H17ClN4O. The number of anilines is 1. The maximum Gasteiger partial charge on any atom is 0.228 e. The minimum absolute atomic E-state index is 0.129. The molecule has 0 aliphatic rings. The van der Waals surface area contributed by atoms with Gasteiger partial charge in [-0.3, -0.25) is 4.79 Å². The predicted octanol–water partition coefficient (Wildman–Crippen LogP) is 4.77. The van der Waals surface area contributed by atoms with Crippen molar-refractivity contribution in [3.8, 4) is 16.8 Å². The molecule has 4 rings (SSSR count). The molecule has 1 heterocycles. The molecule has 1 N–H and O–H groups in total. The zero-order valence-corrected chi connectivity index (χ0v) is 15.7. The molecule has 0 spiro atoms. The SMILES string of the molecule is O=C(Cc1ccc(-c2ccccc2)cc1)Nc1cc(Cl)ccc1-n1cncn1. The number of carbonyl (C=O) groups excluding carboxylic acids is 1. The largest absolute Gasteiger partial charge is 0.324 e. The van der Waals surface area contributed by atoms with E-state index in [0.29, 0.717) is 16.4 Å². The van der Waals surface area contributed by atoms with Gasteiger partial charge >= 0.3 is 0 Å². The van der Waals surface area contributed by atoms with Gasteiger partial charge in [-0.25, -0.2) is 9.67 Å². The van der Waals surface area contributed by atoms with E-state index >= 15 is 0 Å². The Balaban J connectivity index is 1.49. The molecule has 1 amide bonds. The van der Waals surface area contributed by atoms with Gasteiger partial charge in [0.05, 0.1) is 17.8 Å². The lowest BCUT2D eigenvalue weighted by molar-refractivity contribution is -0.115. The van der Waals surface area contributed by atoms with E-state index in [1.54, 1.807) is 29.2 Å². The summed E-state index contributed by atoms with van der Waals surface area (Å²) in [4.78, 5) is 16.5. The van der Waals surface area contributed by atoms with Crippen molar-refractivity contribution in [1.29, 1.82) is 0 Å². The molecule has 138 valence electrons. The number of aromatic nitrogens is 3. The monoisotopic (exact) mass is 388 g/mol.